The number of nitrogens with one attached hydrogen (secondary N) is 1. The van der Waals surface area contributed by atoms with E-state index in [-0.39, 0.29) is 10.6 Å². The summed E-state index contributed by atoms with van der Waals surface area (Å²) in [5.41, 5.74) is 1.58. The predicted molar refractivity (Wildman–Crippen MR) is 80.8 cm³/mol. The Morgan fingerprint density at radius 2 is 1.70 bits per heavy atom. The van der Waals surface area contributed by atoms with Crippen LogP contribution in [-0.2, 0) is 10.0 Å². The van der Waals surface area contributed by atoms with Crippen LogP contribution in [0.15, 0.2) is 45.8 Å². The number of hydrogen-bond donors (Lipinski definition) is 1. The number of sulfonamides is 1. The zero-order chi connectivity index (χ0) is 14.9. The molecule has 0 spiro atoms. The van der Waals surface area contributed by atoms with Gasteiger partial charge in [0.15, 0.2) is 0 Å². The molecular weight excluding hydrogens is 345 g/mol. The van der Waals surface area contributed by atoms with E-state index >= 15 is 0 Å². The number of benzene rings is 2. The third kappa shape index (κ3) is 3.19. The van der Waals surface area contributed by atoms with Gasteiger partial charge in [0, 0.05) is 4.47 Å². The predicted octanol–water partition coefficient (Wildman–Crippen LogP) is 4.01. The van der Waals surface area contributed by atoms with Gasteiger partial charge >= 0.3 is 0 Å². The van der Waals surface area contributed by atoms with E-state index in [1.54, 1.807) is 19.1 Å². The Morgan fingerprint density at radius 3 is 2.30 bits per heavy atom. The minimum Gasteiger partial charge on any atom is -0.278 e. The zero-order valence-corrected chi connectivity index (χ0v) is 13.3. The monoisotopic (exact) mass is 357 g/mol. The highest BCUT2D eigenvalue weighted by molar-refractivity contribution is 9.10. The van der Waals surface area contributed by atoms with Gasteiger partial charge < -0.3 is 0 Å². The second-order valence-electron chi connectivity index (χ2n) is 4.50. The van der Waals surface area contributed by atoms with Gasteiger partial charge in [-0.15, -0.1) is 0 Å². The van der Waals surface area contributed by atoms with Crippen LogP contribution >= 0.6 is 15.9 Å². The summed E-state index contributed by atoms with van der Waals surface area (Å²) in [6, 6.07) is 9.12. The van der Waals surface area contributed by atoms with E-state index in [2.05, 4.69) is 20.7 Å². The van der Waals surface area contributed by atoms with Crippen LogP contribution in [0.4, 0.5) is 10.1 Å². The van der Waals surface area contributed by atoms with Crippen molar-refractivity contribution in [1.29, 1.82) is 0 Å². The number of anilines is 1. The summed E-state index contributed by atoms with van der Waals surface area (Å²) >= 11 is 3.22. The normalized spacial score (nSPS) is 11.4. The maximum atomic E-state index is 13.5. The fourth-order valence-electron chi connectivity index (χ4n) is 1.65. The van der Waals surface area contributed by atoms with E-state index in [1.165, 1.54) is 18.2 Å². The number of rotatable bonds is 3. The molecule has 0 radical (unpaired) electrons. The first-order valence-corrected chi connectivity index (χ1v) is 8.12. The highest BCUT2D eigenvalue weighted by Crippen LogP contribution is 2.28. The molecule has 0 fully saturated rings. The maximum absolute atomic E-state index is 13.5. The molecule has 20 heavy (non-hydrogen) atoms. The second-order valence-corrected chi connectivity index (χ2v) is 7.04. The molecule has 0 heterocycles. The summed E-state index contributed by atoms with van der Waals surface area (Å²) in [5, 5.41) is 0. The molecule has 0 aliphatic rings. The van der Waals surface area contributed by atoms with Gasteiger partial charge in [-0.2, -0.15) is 0 Å². The lowest BCUT2D eigenvalue weighted by atomic mass is 10.2. The van der Waals surface area contributed by atoms with Crippen LogP contribution in [-0.4, -0.2) is 8.42 Å². The van der Waals surface area contributed by atoms with Crippen molar-refractivity contribution in [1.82, 2.24) is 0 Å². The van der Waals surface area contributed by atoms with Gasteiger partial charge in [-0.3, -0.25) is 4.72 Å². The van der Waals surface area contributed by atoms with Gasteiger partial charge in [0.1, 0.15) is 5.82 Å². The van der Waals surface area contributed by atoms with Gasteiger partial charge in [0.25, 0.3) is 10.0 Å². The molecule has 0 aliphatic carbocycles. The minimum absolute atomic E-state index is 0.135. The Hall–Kier alpha value is -1.40. The molecule has 0 bridgehead atoms. The number of halogens is 2. The third-order valence-electron chi connectivity index (χ3n) is 2.82. The van der Waals surface area contributed by atoms with Crippen LogP contribution in [0.5, 0.6) is 0 Å². The van der Waals surface area contributed by atoms with Crippen LogP contribution in [0.25, 0.3) is 0 Å². The van der Waals surface area contributed by atoms with Crippen LogP contribution in [0.2, 0.25) is 0 Å². The minimum atomic E-state index is -3.73. The van der Waals surface area contributed by atoms with Crippen molar-refractivity contribution in [2.24, 2.45) is 0 Å². The molecule has 2 aromatic carbocycles. The molecule has 1 N–H and O–H groups in total. The van der Waals surface area contributed by atoms with E-state index in [9.17, 15) is 12.8 Å². The molecule has 0 aromatic heterocycles. The molecule has 0 unspecified atom stereocenters. The SMILES string of the molecule is Cc1ccc(S(=O)(=O)Nc2cc(F)c(C)cc2Br)cc1. The quantitative estimate of drug-likeness (QED) is 0.901. The lowest BCUT2D eigenvalue weighted by molar-refractivity contribution is 0.601. The second kappa shape index (κ2) is 5.54. The zero-order valence-electron chi connectivity index (χ0n) is 10.9. The smallest absolute Gasteiger partial charge is 0.261 e. The largest absolute Gasteiger partial charge is 0.278 e. The van der Waals surface area contributed by atoms with Gasteiger partial charge in [-0.05, 0) is 59.6 Å². The van der Waals surface area contributed by atoms with Crippen LogP contribution in [0.1, 0.15) is 11.1 Å². The summed E-state index contributed by atoms with van der Waals surface area (Å²) in [6.07, 6.45) is 0. The molecular formula is C14H13BrFNO2S. The fourth-order valence-corrected chi connectivity index (χ4v) is 3.40. The third-order valence-corrected chi connectivity index (χ3v) is 4.86. The molecule has 2 aromatic rings. The molecule has 0 saturated heterocycles. The van der Waals surface area contributed by atoms with Crippen LogP contribution in [0.3, 0.4) is 0 Å². The first-order chi connectivity index (χ1) is 9.29. The van der Waals surface area contributed by atoms with E-state index < -0.39 is 15.8 Å². The first kappa shape index (κ1) is 15.0. The summed E-state index contributed by atoms with van der Waals surface area (Å²) in [5.74, 6) is -0.463. The van der Waals surface area contributed by atoms with E-state index in [1.807, 2.05) is 6.92 Å². The van der Waals surface area contributed by atoms with Gasteiger partial charge in [0.05, 0.1) is 10.6 Å². The lowest BCUT2D eigenvalue weighted by Crippen LogP contribution is -2.13. The molecule has 0 saturated carbocycles. The van der Waals surface area contributed by atoms with Crippen molar-refractivity contribution < 1.29 is 12.8 Å². The van der Waals surface area contributed by atoms with Gasteiger partial charge in [0.2, 0.25) is 0 Å². The molecule has 106 valence electrons. The van der Waals surface area contributed by atoms with Crippen molar-refractivity contribution in [3.63, 3.8) is 0 Å². The van der Waals surface area contributed by atoms with E-state index in [0.717, 1.165) is 11.6 Å². The Balaban J connectivity index is 2.38. The Labute approximate surface area is 126 Å². The van der Waals surface area contributed by atoms with Crippen molar-refractivity contribution in [3.8, 4) is 0 Å². The Kier molecular flexibility index (Phi) is 4.15. The van der Waals surface area contributed by atoms with Crippen molar-refractivity contribution >= 4 is 31.6 Å². The molecule has 6 heteroatoms. The average Bonchev–Trinajstić information content (AvgIpc) is 2.36. The highest BCUT2D eigenvalue weighted by atomic mass is 79.9. The molecule has 0 atom stereocenters. The van der Waals surface area contributed by atoms with Gasteiger partial charge in [-0.25, -0.2) is 12.8 Å². The summed E-state index contributed by atoms with van der Waals surface area (Å²) in [4.78, 5) is 0.135. The van der Waals surface area contributed by atoms with E-state index in [0.29, 0.717) is 10.0 Å². The van der Waals surface area contributed by atoms with Crippen molar-refractivity contribution in [2.75, 3.05) is 4.72 Å². The van der Waals surface area contributed by atoms with Gasteiger partial charge in [-0.1, -0.05) is 17.7 Å². The topological polar surface area (TPSA) is 46.2 Å². The van der Waals surface area contributed by atoms with E-state index in [4.69, 9.17) is 0 Å². The maximum Gasteiger partial charge on any atom is 0.261 e. The molecule has 0 amide bonds. The summed E-state index contributed by atoms with van der Waals surface area (Å²) in [6.45, 7) is 3.48. The number of aryl methyl sites for hydroxylation is 2. The first-order valence-electron chi connectivity index (χ1n) is 5.85. The summed E-state index contributed by atoms with van der Waals surface area (Å²) in [7, 11) is -3.73. The van der Waals surface area contributed by atoms with Crippen molar-refractivity contribution in [3.05, 3.63) is 57.8 Å². The van der Waals surface area contributed by atoms with Crippen LogP contribution in [0, 0.1) is 19.7 Å². The molecule has 2 rings (SSSR count). The van der Waals surface area contributed by atoms with Crippen LogP contribution < -0.4 is 4.72 Å². The Morgan fingerprint density at radius 1 is 1.10 bits per heavy atom. The fraction of sp³-hybridized carbons (Fsp3) is 0.143. The Bertz CT molecular complexity index is 743. The molecule has 0 aliphatic heterocycles. The van der Waals surface area contributed by atoms with Crippen molar-refractivity contribution in [2.45, 2.75) is 18.7 Å². The summed E-state index contributed by atoms with van der Waals surface area (Å²) < 4.78 is 40.8. The highest BCUT2D eigenvalue weighted by Gasteiger charge is 2.16. The standard InChI is InChI=1S/C14H13BrFNO2S/c1-9-3-5-11(6-4-9)20(18,19)17-14-8-13(16)10(2)7-12(14)15/h3-8,17H,1-2H3. The number of hydrogen-bond acceptors (Lipinski definition) is 2. The lowest BCUT2D eigenvalue weighted by Gasteiger charge is -2.11. The molecule has 3 nitrogen and oxygen atoms in total. The average molecular weight is 358 g/mol.